The average molecular weight is 300 g/mol. The minimum absolute atomic E-state index is 0.0328. The van der Waals surface area contributed by atoms with E-state index in [0.29, 0.717) is 11.5 Å². The van der Waals surface area contributed by atoms with Crippen LogP contribution in [0.4, 0.5) is 10.2 Å². The topological polar surface area (TPSA) is 68.0 Å². The zero-order chi connectivity index (χ0) is 15.7. The SMILES string of the molecule is CC(C)(C)C(Nc1ccc2nnnn2n1)c1ccc(F)cc1. The van der Waals surface area contributed by atoms with Crippen LogP contribution in [0.25, 0.3) is 5.65 Å². The van der Waals surface area contributed by atoms with Gasteiger partial charge in [0.15, 0.2) is 5.65 Å². The lowest BCUT2D eigenvalue weighted by atomic mass is 9.82. The molecule has 114 valence electrons. The Hall–Kier alpha value is -2.57. The third-order valence-electron chi connectivity index (χ3n) is 3.43. The second-order valence-corrected chi connectivity index (χ2v) is 6.24. The summed E-state index contributed by atoms with van der Waals surface area (Å²) >= 11 is 0. The summed E-state index contributed by atoms with van der Waals surface area (Å²) in [6.07, 6.45) is 0. The molecule has 0 bridgehead atoms. The number of hydrogen-bond acceptors (Lipinski definition) is 5. The third kappa shape index (κ3) is 2.88. The van der Waals surface area contributed by atoms with Crippen molar-refractivity contribution in [3.8, 4) is 0 Å². The zero-order valence-corrected chi connectivity index (χ0v) is 12.7. The van der Waals surface area contributed by atoms with Gasteiger partial charge in [-0.25, -0.2) is 4.39 Å². The number of nitrogens with zero attached hydrogens (tertiary/aromatic N) is 5. The molecule has 1 atom stereocenters. The van der Waals surface area contributed by atoms with Crippen molar-refractivity contribution < 1.29 is 4.39 Å². The number of anilines is 1. The Morgan fingerprint density at radius 3 is 2.50 bits per heavy atom. The summed E-state index contributed by atoms with van der Waals surface area (Å²) in [5, 5.41) is 18.9. The van der Waals surface area contributed by atoms with E-state index >= 15 is 0 Å². The van der Waals surface area contributed by atoms with Gasteiger partial charge in [-0.15, -0.1) is 14.8 Å². The fourth-order valence-electron chi connectivity index (χ4n) is 2.33. The van der Waals surface area contributed by atoms with Gasteiger partial charge < -0.3 is 5.32 Å². The first kappa shape index (κ1) is 14.4. The van der Waals surface area contributed by atoms with Gasteiger partial charge in [0.25, 0.3) is 0 Å². The van der Waals surface area contributed by atoms with Crippen LogP contribution in [0.1, 0.15) is 32.4 Å². The molecule has 0 aliphatic carbocycles. The molecular formula is C15H17FN6. The molecule has 1 N–H and O–H groups in total. The summed E-state index contributed by atoms with van der Waals surface area (Å²) in [4.78, 5) is 0. The van der Waals surface area contributed by atoms with Crippen LogP contribution in [0.3, 0.4) is 0 Å². The molecule has 6 nitrogen and oxygen atoms in total. The van der Waals surface area contributed by atoms with Crippen molar-refractivity contribution in [1.29, 1.82) is 0 Å². The summed E-state index contributed by atoms with van der Waals surface area (Å²) in [6.45, 7) is 6.34. The van der Waals surface area contributed by atoms with E-state index in [-0.39, 0.29) is 17.3 Å². The molecule has 1 unspecified atom stereocenters. The summed E-state index contributed by atoms with van der Waals surface area (Å²) in [5.74, 6) is 0.411. The molecule has 0 aliphatic heterocycles. The number of benzene rings is 1. The average Bonchev–Trinajstić information content (AvgIpc) is 2.92. The molecule has 0 saturated heterocycles. The summed E-state index contributed by atoms with van der Waals surface area (Å²) in [6, 6.07) is 10.1. The fourth-order valence-corrected chi connectivity index (χ4v) is 2.33. The van der Waals surface area contributed by atoms with Gasteiger partial charge in [0, 0.05) is 0 Å². The van der Waals surface area contributed by atoms with E-state index in [1.165, 1.54) is 16.8 Å². The smallest absolute Gasteiger partial charge is 0.200 e. The highest BCUT2D eigenvalue weighted by Crippen LogP contribution is 2.35. The highest BCUT2D eigenvalue weighted by molar-refractivity contribution is 5.44. The first-order valence-electron chi connectivity index (χ1n) is 7.01. The molecule has 0 aliphatic rings. The molecule has 7 heteroatoms. The van der Waals surface area contributed by atoms with E-state index in [2.05, 4.69) is 46.7 Å². The molecule has 0 spiro atoms. The molecule has 2 heterocycles. The Bertz CT molecular complexity index is 775. The molecular weight excluding hydrogens is 283 g/mol. The minimum atomic E-state index is -0.246. The third-order valence-corrected chi connectivity index (χ3v) is 3.43. The maximum Gasteiger partial charge on any atom is 0.200 e. The van der Waals surface area contributed by atoms with Crippen LogP contribution in [0.2, 0.25) is 0 Å². The van der Waals surface area contributed by atoms with Crippen molar-refractivity contribution in [2.45, 2.75) is 26.8 Å². The van der Waals surface area contributed by atoms with Gasteiger partial charge in [0.1, 0.15) is 11.6 Å². The summed E-state index contributed by atoms with van der Waals surface area (Å²) in [7, 11) is 0. The first-order chi connectivity index (χ1) is 10.4. The summed E-state index contributed by atoms with van der Waals surface area (Å²) < 4.78 is 14.5. The van der Waals surface area contributed by atoms with Crippen LogP contribution in [0.5, 0.6) is 0 Å². The van der Waals surface area contributed by atoms with Gasteiger partial charge in [0.2, 0.25) is 0 Å². The van der Waals surface area contributed by atoms with Gasteiger partial charge in [-0.05, 0) is 45.7 Å². The molecule has 1 aromatic carbocycles. The van der Waals surface area contributed by atoms with Gasteiger partial charge in [-0.2, -0.15) is 0 Å². The molecule has 0 amide bonds. The predicted molar refractivity (Wildman–Crippen MR) is 80.8 cm³/mol. The Kier molecular flexibility index (Phi) is 3.48. The number of hydrogen-bond donors (Lipinski definition) is 1. The van der Waals surface area contributed by atoms with Crippen molar-refractivity contribution in [2.24, 2.45) is 5.41 Å². The number of nitrogens with one attached hydrogen (secondary N) is 1. The lowest BCUT2D eigenvalue weighted by Crippen LogP contribution is -2.26. The first-order valence-corrected chi connectivity index (χ1v) is 7.01. The fraction of sp³-hybridized carbons (Fsp3) is 0.333. The van der Waals surface area contributed by atoms with Crippen molar-refractivity contribution in [3.05, 3.63) is 47.8 Å². The Balaban J connectivity index is 1.94. The van der Waals surface area contributed by atoms with E-state index in [0.717, 1.165) is 5.56 Å². The van der Waals surface area contributed by atoms with Crippen LogP contribution in [-0.4, -0.2) is 25.3 Å². The maximum atomic E-state index is 13.2. The molecule has 3 aromatic rings. The van der Waals surface area contributed by atoms with E-state index < -0.39 is 0 Å². The van der Waals surface area contributed by atoms with E-state index in [9.17, 15) is 4.39 Å². The van der Waals surface area contributed by atoms with E-state index in [1.807, 2.05) is 6.07 Å². The maximum absolute atomic E-state index is 13.2. The molecule has 3 rings (SSSR count). The van der Waals surface area contributed by atoms with Crippen molar-refractivity contribution in [3.63, 3.8) is 0 Å². The molecule has 0 fully saturated rings. The number of fused-ring (bicyclic) bond motifs is 1. The Morgan fingerprint density at radius 2 is 1.82 bits per heavy atom. The van der Waals surface area contributed by atoms with Gasteiger partial charge in [0.05, 0.1) is 6.04 Å². The van der Waals surface area contributed by atoms with E-state index in [1.54, 1.807) is 18.2 Å². The van der Waals surface area contributed by atoms with Crippen LogP contribution in [0.15, 0.2) is 36.4 Å². The number of tetrazole rings is 1. The van der Waals surface area contributed by atoms with Crippen LogP contribution < -0.4 is 5.32 Å². The molecule has 22 heavy (non-hydrogen) atoms. The van der Waals surface area contributed by atoms with E-state index in [4.69, 9.17) is 0 Å². The number of aromatic nitrogens is 5. The number of rotatable bonds is 3. The van der Waals surface area contributed by atoms with Crippen molar-refractivity contribution in [2.75, 3.05) is 5.32 Å². The molecule has 0 radical (unpaired) electrons. The predicted octanol–water partition coefficient (Wildman–Crippen LogP) is 2.86. The molecule has 0 saturated carbocycles. The van der Waals surface area contributed by atoms with Crippen LogP contribution in [0, 0.1) is 11.2 Å². The second kappa shape index (κ2) is 5.32. The Morgan fingerprint density at radius 1 is 1.09 bits per heavy atom. The second-order valence-electron chi connectivity index (χ2n) is 6.24. The standard InChI is InChI=1S/C15H17FN6/c1-15(2,3)14(10-4-6-11(16)7-5-10)17-12-8-9-13-18-20-21-22(13)19-12/h4-9,14H,1-3H3,(H,17,19). The Labute approximate surface area is 127 Å². The highest BCUT2D eigenvalue weighted by Gasteiger charge is 2.26. The van der Waals surface area contributed by atoms with Gasteiger partial charge in [-0.1, -0.05) is 32.9 Å². The minimum Gasteiger partial charge on any atom is -0.361 e. The quantitative estimate of drug-likeness (QED) is 0.805. The highest BCUT2D eigenvalue weighted by atomic mass is 19.1. The van der Waals surface area contributed by atoms with Gasteiger partial charge >= 0.3 is 0 Å². The zero-order valence-electron chi connectivity index (χ0n) is 12.7. The van der Waals surface area contributed by atoms with Crippen LogP contribution in [-0.2, 0) is 0 Å². The van der Waals surface area contributed by atoms with Crippen molar-refractivity contribution >= 4 is 11.5 Å². The number of halogens is 1. The largest absolute Gasteiger partial charge is 0.361 e. The monoisotopic (exact) mass is 300 g/mol. The lowest BCUT2D eigenvalue weighted by Gasteiger charge is -2.32. The van der Waals surface area contributed by atoms with Crippen LogP contribution >= 0.6 is 0 Å². The molecule has 2 aromatic heterocycles. The lowest BCUT2D eigenvalue weighted by molar-refractivity contribution is 0.346. The normalized spacial score (nSPS) is 13.3. The summed E-state index contributed by atoms with van der Waals surface area (Å²) in [5.41, 5.74) is 1.49. The van der Waals surface area contributed by atoms with Gasteiger partial charge in [-0.3, -0.25) is 0 Å². The van der Waals surface area contributed by atoms with Crippen molar-refractivity contribution in [1.82, 2.24) is 25.3 Å².